The van der Waals surface area contributed by atoms with Gasteiger partial charge < -0.3 is 0 Å². The maximum atomic E-state index is 11.8. The Morgan fingerprint density at radius 1 is 1.36 bits per heavy atom. The van der Waals surface area contributed by atoms with Crippen LogP contribution in [0.2, 0.25) is 0 Å². The number of halogens is 4. The average molecular weight is 227 g/mol. The lowest BCUT2D eigenvalue weighted by molar-refractivity contribution is -0.145. The highest BCUT2D eigenvalue weighted by molar-refractivity contribution is 9.10. The van der Waals surface area contributed by atoms with Gasteiger partial charge in [-0.2, -0.15) is 13.2 Å². The molecule has 0 unspecified atom stereocenters. The van der Waals surface area contributed by atoms with Crippen molar-refractivity contribution in [3.63, 3.8) is 0 Å². The third-order valence-electron chi connectivity index (χ3n) is 0.875. The number of rotatable bonds is 0. The number of alkyl halides is 3. The van der Waals surface area contributed by atoms with Crippen LogP contribution in [-0.4, -0.2) is 9.97 Å². The molecular weight excluding hydrogens is 225 g/mol. The van der Waals surface area contributed by atoms with Crippen LogP contribution in [0.1, 0.15) is 5.82 Å². The Kier molecular flexibility index (Phi) is 2.12. The van der Waals surface area contributed by atoms with Gasteiger partial charge in [-0.25, -0.2) is 9.97 Å². The second-order valence-corrected chi connectivity index (χ2v) is 2.51. The molecule has 11 heavy (non-hydrogen) atoms. The summed E-state index contributed by atoms with van der Waals surface area (Å²) in [4.78, 5) is 6.17. The molecule has 0 radical (unpaired) electrons. The molecule has 0 aliphatic heterocycles. The topological polar surface area (TPSA) is 25.8 Å². The van der Waals surface area contributed by atoms with Gasteiger partial charge in [-0.05, 0) is 22.0 Å². The summed E-state index contributed by atoms with van der Waals surface area (Å²) in [6.45, 7) is 0. The number of nitrogens with zero attached hydrogens (tertiary/aromatic N) is 2. The van der Waals surface area contributed by atoms with Gasteiger partial charge in [0.2, 0.25) is 5.82 Å². The van der Waals surface area contributed by atoms with Gasteiger partial charge in [0.15, 0.2) is 0 Å². The summed E-state index contributed by atoms with van der Waals surface area (Å²) in [6.07, 6.45) is -3.43. The highest BCUT2D eigenvalue weighted by Crippen LogP contribution is 2.26. The third kappa shape index (κ3) is 2.14. The van der Waals surface area contributed by atoms with Gasteiger partial charge in [-0.3, -0.25) is 0 Å². The molecule has 0 bridgehead atoms. The fraction of sp³-hybridized carbons (Fsp3) is 0.200. The predicted molar refractivity (Wildman–Crippen MR) is 34.7 cm³/mol. The van der Waals surface area contributed by atoms with Crippen molar-refractivity contribution in [3.05, 3.63) is 22.7 Å². The van der Waals surface area contributed by atoms with Gasteiger partial charge in [-0.15, -0.1) is 0 Å². The molecule has 0 atom stereocenters. The van der Waals surface area contributed by atoms with Crippen LogP contribution in [0.25, 0.3) is 0 Å². The van der Waals surface area contributed by atoms with Crippen LogP contribution >= 0.6 is 15.9 Å². The first-order valence-corrected chi connectivity index (χ1v) is 3.35. The van der Waals surface area contributed by atoms with E-state index in [1.807, 2.05) is 0 Å². The second-order valence-electron chi connectivity index (χ2n) is 1.70. The first-order valence-electron chi connectivity index (χ1n) is 2.56. The Labute approximate surface area is 68.6 Å². The average Bonchev–Trinajstić information content (AvgIpc) is 1.86. The first kappa shape index (κ1) is 8.45. The van der Waals surface area contributed by atoms with Gasteiger partial charge in [0.25, 0.3) is 0 Å². The summed E-state index contributed by atoms with van der Waals surface area (Å²) in [5.41, 5.74) is 0. The Bertz CT molecular complexity index is 260. The molecule has 0 aliphatic carbocycles. The van der Waals surface area contributed by atoms with Crippen molar-refractivity contribution in [1.82, 2.24) is 9.97 Å². The van der Waals surface area contributed by atoms with Gasteiger partial charge in [-0.1, -0.05) is 0 Å². The van der Waals surface area contributed by atoms with E-state index in [1.165, 1.54) is 6.07 Å². The SMILES string of the molecule is FC(F)(F)c1nccc(Br)n1. The summed E-state index contributed by atoms with van der Waals surface area (Å²) < 4.78 is 35.6. The van der Waals surface area contributed by atoms with E-state index in [2.05, 4.69) is 25.9 Å². The molecule has 0 amide bonds. The number of hydrogen-bond acceptors (Lipinski definition) is 2. The standard InChI is InChI=1S/C5H2BrF3N2/c6-3-1-2-10-4(11-3)5(7,8)9/h1-2H. The van der Waals surface area contributed by atoms with E-state index in [0.29, 0.717) is 0 Å². The van der Waals surface area contributed by atoms with Crippen molar-refractivity contribution in [1.29, 1.82) is 0 Å². The number of aromatic nitrogens is 2. The van der Waals surface area contributed by atoms with E-state index in [4.69, 9.17) is 0 Å². The molecule has 1 rings (SSSR count). The summed E-state index contributed by atoms with van der Waals surface area (Å²) in [5, 5.41) is 0. The van der Waals surface area contributed by atoms with E-state index in [9.17, 15) is 13.2 Å². The van der Waals surface area contributed by atoms with Gasteiger partial charge in [0, 0.05) is 6.20 Å². The molecule has 6 heteroatoms. The van der Waals surface area contributed by atoms with Crippen molar-refractivity contribution in [2.45, 2.75) is 6.18 Å². The van der Waals surface area contributed by atoms with E-state index in [0.717, 1.165) is 6.20 Å². The highest BCUT2D eigenvalue weighted by atomic mass is 79.9. The van der Waals surface area contributed by atoms with E-state index in [1.54, 1.807) is 0 Å². The lowest BCUT2D eigenvalue weighted by Gasteiger charge is -2.02. The van der Waals surface area contributed by atoms with Crippen LogP contribution in [-0.2, 0) is 6.18 Å². The summed E-state index contributed by atoms with van der Waals surface area (Å²) in [5.74, 6) is -1.13. The van der Waals surface area contributed by atoms with E-state index < -0.39 is 12.0 Å². The Balaban J connectivity index is 3.06. The van der Waals surface area contributed by atoms with Crippen LogP contribution in [0.3, 0.4) is 0 Å². The Morgan fingerprint density at radius 3 is 2.36 bits per heavy atom. The molecule has 1 aromatic rings. The maximum Gasteiger partial charge on any atom is 0.451 e. The van der Waals surface area contributed by atoms with Gasteiger partial charge in [0.1, 0.15) is 4.60 Å². The van der Waals surface area contributed by atoms with Crippen LogP contribution < -0.4 is 0 Å². The largest absolute Gasteiger partial charge is 0.451 e. The van der Waals surface area contributed by atoms with Crippen molar-refractivity contribution in [2.75, 3.05) is 0 Å². The molecular formula is C5H2BrF3N2. The minimum Gasteiger partial charge on any atom is -0.233 e. The molecule has 60 valence electrons. The van der Waals surface area contributed by atoms with Crippen molar-refractivity contribution in [3.8, 4) is 0 Å². The molecule has 0 saturated heterocycles. The fourth-order valence-corrected chi connectivity index (χ4v) is 0.759. The van der Waals surface area contributed by atoms with Crippen LogP contribution in [0, 0.1) is 0 Å². The van der Waals surface area contributed by atoms with Crippen LogP contribution in [0.4, 0.5) is 13.2 Å². The first-order chi connectivity index (χ1) is 5.00. The lowest BCUT2D eigenvalue weighted by Crippen LogP contribution is -2.10. The molecule has 1 heterocycles. The monoisotopic (exact) mass is 226 g/mol. The highest BCUT2D eigenvalue weighted by Gasteiger charge is 2.34. The molecule has 0 fully saturated rings. The zero-order chi connectivity index (χ0) is 8.48. The third-order valence-corrected chi connectivity index (χ3v) is 1.32. The van der Waals surface area contributed by atoms with Crippen molar-refractivity contribution in [2.24, 2.45) is 0 Å². The molecule has 0 spiro atoms. The Morgan fingerprint density at radius 2 is 2.00 bits per heavy atom. The van der Waals surface area contributed by atoms with Gasteiger partial charge in [0.05, 0.1) is 0 Å². The number of hydrogen-bond donors (Lipinski definition) is 0. The van der Waals surface area contributed by atoms with E-state index >= 15 is 0 Å². The Hall–Kier alpha value is -0.650. The van der Waals surface area contributed by atoms with Crippen molar-refractivity contribution < 1.29 is 13.2 Å². The zero-order valence-corrected chi connectivity index (χ0v) is 6.65. The quantitative estimate of drug-likeness (QED) is 0.635. The normalized spacial score (nSPS) is 11.6. The molecule has 0 aliphatic rings. The molecule has 0 saturated carbocycles. The summed E-state index contributed by atoms with van der Waals surface area (Å²) >= 11 is 2.80. The molecule has 1 aromatic heterocycles. The van der Waals surface area contributed by atoms with Crippen LogP contribution in [0.15, 0.2) is 16.9 Å². The molecule has 0 aromatic carbocycles. The summed E-state index contributed by atoms with van der Waals surface area (Å²) in [7, 11) is 0. The molecule has 2 nitrogen and oxygen atoms in total. The minimum atomic E-state index is -4.47. The smallest absolute Gasteiger partial charge is 0.233 e. The predicted octanol–water partition coefficient (Wildman–Crippen LogP) is 2.26. The lowest BCUT2D eigenvalue weighted by atomic mass is 10.5. The zero-order valence-electron chi connectivity index (χ0n) is 5.06. The minimum absolute atomic E-state index is 0.125. The molecule has 0 N–H and O–H groups in total. The second kappa shape index (κ2) is 2.77. The van der Waals surface area contributed by atoms with Crippen molar-refractivity contribution >= 4 is 15.9 Å². The van der Waals surface area contributed by atoms with Crippen LogP contribution in [0.5, 0.6) is 0 Å². The van der Waals surface area contributed by atoms with E-state index in [-0.39, 0.29) is 4.60 Å². The fourth-order valence-electron chi connectivity index (χ4n) is 0.473. The maximum absolute atomic E-state index is 11.8. The van der Waals surface area contributed by atoms with Gasteiger partial charge >= 0.3 is 6.18 Å². The summed E-state index contributed by atoms with van der Waals surface area (Å²) in [6, 6.07) is 1.33.